The van der Waals surface area contributed by atoms with Gasteiger partial charge in [-0.3, -0.25) is 4.79 Å². The maximum Gasteiger partial charge on any atom is 0.308 e. The molecule has 102 valence electrons. The number of likely N-dealkylation sites (N-methyl/N-ethyl adjacent to an activating group) is 1. The normalized spacial score (nSPS) is 12.8. The molecule has 0 aromatic heterocycles. The lowest BCUT2D eigenvalue weighted by molar-refractivity contribution is -0.888. The van der Waals surface area contributed by atoms with Crippen molar-refractivity contribution in [2.24, 2.45) is 5.92 Å². The molecule has 0 unspecified atom stereocenters. The molecule has 6 nitrogen and oxygen atoms in total. The zero-order valence-electron chi connectivity index (χ0n) is 10.8. The van der Waals surface area contributed by atoms with Gasteiger partial charge in [0.2, 0.25) is 0 Å². The molecule has 0 aliphatic carbocycles. The number of hydrogen-bond donors (Lipinski definition) is 0. The predicted molar refractivity (Wildman–Crippen MR) is 62.2 cm³/mol. The van der Waals surface area contributed by atoms with Crippen LogP contribution in [0.2, 0.25) is 0 Å². The first kappa shape index (κ1) is 16.3. The van der Waals surface area contributed by atoms with E-state index in [0.717, 1.165) is 0 Å². The molecule has 0 bridgehead atoms. The molecule has 0 aromatic carbocycles. The van der Waals surface area contributed by atoms with Crippen LogP contribution in [0.15, 0.2) is 0 Å². The molecule has 0 amide bonds. The van der Waals surface area contributed by atoms with Gasteiger partial charge in [-0.1, -0.05) is 13.8 Å². The van der Waals surface area contributed by atoms with Crippen molar-refractivity contribution in [3.63, 3.8) is 0 Å². The van der Waals surface area contributed by atoms with Crippen LogP contribution >= 0.6 is 0 Å². The fraction of sp³-hybridized carbons (Fsp3) is 0.900. The van der Waals surface area contributed by atoms with E-state index in [1.54, 1.807) is 27.9 Å². The number of ether oxygens (including phenoxy) is 1. The Kier molecular flexibility index (Phi) is 6.08. The van der Waals surface area contributed by atoms with E-state index in [4.69, 9.17) is 4.74 Å². The molecule has 0 N–H and O–H groups in total. The average Bonchev–Trinajstić information content (AvgIpc) is 2.13. The SMILES string of the molecule is CC(C)C(=O)OCC[N+](C)(C)CCS(=O)(=O)[O-]. The van der Waals surface area contributed by atoms with Gasteiger partial charge in [-0.25, -0.2) is 8.42 Å². The highest BCUT2D eigenvalue weighted by Gasteiger charge is 2.17. The van der Waals surface area contributed by atoms with E-state index in [1.807, 2.05) is 0 Å². The van der Waals surface area contributed by atoms with Crippen LogP contribution in [0.25, 0.3) is 0 Å². The molecule has 7 heteroatoms. The molecule has 0 radical (unpaired) electrons. The van der Waals surface area contributed by atoms with Crippen LogP contribution in [-0.4, -0.2) is 63.0 Å². The van der Waals surface area contributed by atoms with Gasteiger partial charge in [0.05, 0.1) is 32.3 Å². The van der Waals surface area contributed by atoms with E-state index in [2.05, 4.69) is 0 Å². The molecule has 0 fully saturated rings. The van der Waals surface area contributed by atoms with Crippen LogP contribution in [0, 0.1) is 5.92 Å². The van der Waals surface area contributed by atoms with Crippen LogP contribution in [0.1, 0.15) is 13.8 Å². The van der Waals surface area contributed by atoms with Gasteiger partial charge < -0.3 is 13.8 Å². The quantitative estimate of drug-likeness (QED) is 0.362. The van der Waals surface area contributed by atoms with Crippen molar-refractivity contribution >= 4 is 16.1 Å². The summed E-state index contributed by atoms with van der Waals surface area (Å²) in [5.41, 5.74) is 0. The van der Waals surface area contributed by atoms with Gasteiger partial charge in [0, 0.05) is 0 Å². The van der Waals surface area contributed by atoms with Crippen LogP contribution in [0.4, 0.5) is 0 Å². The number of carbonyl (C=O) groups is 1. The summed E-state index contributed by atoms with van der Waals surface area (Å²) in [4.78, 5) is 11.2. The first-order valence-corrected chi connectivity index (χ1v) is 7.03. The lowest BCUT2D eigenvalue weighted by Gasteiger charge is -2.29. The second kappa shape index (κ2) is 6.32. The Balaban J connectivity index is 3.98. The fourth-order valence-corrected chi connectivity index (χ4v) is 1.75. The average molecular weight is 267 g/mol. The van der Waals surface area contributed by atoms with E-state index in [9.17, 15) is 17.8 Å². The standard InChI is InChI=1S/C10H21NO5S/c1-9(2)10(12)16-7-5-11(3,4)6-8-17(13,14)15/h9H,5-8H2,1-4H3. The Morgan fingerprint density at radius 1 is 1.29 bits per heavy atom. The van der Waals surface area contributed by atoms with Gasteiger partial charge in [0.1, 0.15) is 23.3 Å². The number of quaternary nitrogens is 1. The molecule has 0 saturated heterocycles. The molecule has 0 aliphatic heterocycles. The maximum atomic E-state index is 11.2. The number of nitrogens with zero attached hydrogens (tertiary/aromatic N) is 1. The first-order valence-electron chi connectivity index (χ1n) is 5.46. The molecule has 0 spiro atoms. The summed E-state index contributed by atoms with van der Waals surface area (Å²) in [5.74, 6) is -0.855. The second-order valence-corrected chi connectivity index (χ2v) is 6.49. The Morgan fingerprint density at radius 2 is 1.82 bits per heavy atom. The highest BCUT2D eigenvalue weighted by Crippen LogP contribution is 2.01. The summed E-state index contributed by atoms with van der Waals surface area (Å²) in [6, 6.07) is 0. The summed E-state index contributed by atoms with van der Waals surface area (Å²) in [7, 11) is -0.613. The minimum Gasteiger partial charge on any atom is -0.748 e. The Bertz CT molecular complexity index is 348. The zero-order chi connectivity index (χ0) is 13.7. The number of rotatable bonds is 7. The van der Waals surface area contributed by atoms with Crippen molar-refractivity contribution < 1.29 is 27.0 Å². The number of carbonyl (C=O) groups excluding carboxylic acids is 1. The lowest BCUT2D eigenvalue weighted by Crippen LogP contribution is -2.45. The largest absolute Gasteiger partial charge is 0.748 e. The van der Waals surface area contributed by atoms with Crippen LogP contribution < -0.4 is 0 Å². The second-order valence-electron chi connectivity index (χ2n) is 4.97. The monoisotopic (exact) mass is 267 g/mol. The van der Waals surface area contributed by atoms with Crippen molar-refractivity contribution in [3.8, 4) is 0 Å². The molecule has 0 rings (SSSR count). The van der Waals surface area contributed by atoms with Crippen molar-refractivity contribution in [2.75, 3.05) is 39.5 Å². The zero-order valence-corrected chi connectivity index (χ0v) is 11.6. The summed E-state index contributed by atoms with van der Waals surface area (Å²) < 4.78 is 36.8. The van der Waals surface area contributed by atoms with Crippen molar-refractivity contribution in [1.29, 1.82) is 0 Å². The Hall–Kier alpha value is -0.660. The van der Waals surface area contributed by atoms with E-state index in [-0.39, 0.29) is 25.0 Å². The number of hydrogen-bond acceptors (Lipinski definition) is 5. The van der Waals surface area contributed by atoms with E-state index >= 15 is 0 Å². The molecule has 17 heavy (non-hydrogen) atoms. The summed E-state index contributed by atoms with van der Waals surface area (Å²) in [6.07, 6.45) is 0. The predicted octanol–water partition coefficient (Wildman–Crippen LogP) is -0.193. The molecule has 0 aliphatic rings. The molecule has 0 saturated carbocycles. The minimum absolute atomic E-state index is 0.173. The third-order valence-electron chi connectivity index (χ3n) is 2.36. The summed E-state index contributed by atoms with van der Waals surface area (Å²) >= 11 is 0. The molecule has 0 heterocycles. The van der Waals surface area contributed by atoms with E-state index in [0.29, 0.717) is 11.0 Å². The van der Waals surface area contributed by atoms with Crippen LogP contribution in [-0.2, 0) is 19.6 Å². The number of esters is 1. The molecule has 0 atom stereocenters. The van der Waals surface area contributed by atoms with Crippen LogP contribution in [0.5, 0.6) is 0 Å². The van der Waals surface area contributed by atoms with Crippen LogP contribution in [0.3, 0.4) is 0 Å². The van der Waals surface area contributed by atoms with Gasteiger partial charge in [-0.05, 0) is 0 Å². The Morgan fingerprint density at radius 3 is 2.24 bits per heavy atom. The van der Waals surface area contributed by atoms with Gasteiger partial charge in [-0.2, -0.15) is 0 Å². The third kappa shape index (κ3) is 9.08. The minimum atomic E-state index is -4.19. The smallest absolute Gasteiger partial charge is 0.308 e. The van der Waals surface area contributed by atoms with Gasteiger partial charge in [0.15, 0.2) is 0 Å². The highest BCUT2D eigenvalue weighted by atomic mass is 32.2. The fourth-order valence-electron chi connectivity index (χ4n) is 1.03. The first-order chi connectivity index (χ1) is 7.53. The topological polar surface area (TPSA) is 83.5 Å². The van der Waals surface area contributed by atoms with E-state index in [1.165, 1.54) is 0 Å². The highest BCUT2D eigenvalue weighted by molar-refractivity contribution is 7.85. The van der Waals surface area contributed by atoms with E-state index < -0.39 is 15.9 Å². The van der Waals surface area contributed by atoms with Gasteiger partial charge >= 0.3 is 5.97 Å². The molecule has 0 aromatic rings. The Labute approximate surface area is 103 Å². The summed E-state index contributed by atoms with van der Waals surface area (Å²) in [6.45, 7) is 4.40. The van der Waals surface area contributed by atoms with Crippen molar-refractivity contribution in [1.82, 2.24) is 0 Å². The lowest BCUT2D eigenvalue weighted by atomic mass is 10.2. The van der Waals surface area contributed by atoms with Gasteiger partial charge in [-0.15, -0.1) is 0 Å². The molecular formula is C10H21NO5S. The van der Waals surface area contributed by atoms with Crippen molar-refractivity contribution in [3.05, 3.63) is 0 Å². The van der Waals surface area contributed by atoms with Crippen molar-refractivity contribution in [2.45, 2.75) is 13.8 Å². The summed E-state index contributed by atoms with van der Waals surface area (Å²) in [5, 5.41) is 0. The molecular weight excluding hydrogens is 246 g/mol. The van der Waals surface area contributed by atoms with Gasteiger partial charge in [0.25, 0.3) is 0 Å². The third-order valence-corrected chi connectivity index (χ3v) is 3.04. The maximum absolute atomic E-state index is 11.2.